The van der Waals surface area contributed by atoms with Crippen LogP contribution in [0.3, 0.4) is 0 Å². The highest BCUT2D eigenvalue weighted by Gasteiger charge is 2.19. The number of carbonyl (C=O) groups excluding carboxylic acids is 1. The lowest BCUT2D eigenvalue weighted by Gasteiger charge is -2.11. The van der Waals surface area contributed by atoms with Gasteiger partial charge in [0.2, 0.25) is 0 Å². The Balaban J connectivity index is 1.95. The molecular formula is C17H17NO2. The fraction of sp³-hybridized carbons (Fsp3) is 0.294. The first kappa shape index (κ1) is 12.9. The van der Waals surface area contributed by atoms with E-state index in [1.54, 1.807) is 6.20 Å². The van der Waals surface area contributed by atoms with Gasteiger partial charge in [-0.25, -0.2) is 0 Å². The molecule has 1 aliphatic rings. The summed E-state index contributed by atoms with van der Waals surface area (Å²) in [7, 11) is 0. The van der Waals surface area contributed by atoms with Gasteiger partial charge >= 0.3 is 0 Å². The highest BCUT2D eigenvalue weighted by molar-refractivity contribution is 6.00. The van der Waals surface area contributed by atoms with Crippen molar-refractivity contribution >= 4 is 5.78 Å². The highest BCUT2D eigenvalue weighted by Crippen LogP contribution is 2.29. The van der Waals surface area contributed by atoms with Crippen LogP contribution < -0.4 is 4.74 Å². The van der Waals surface area contributed by atoms with Gasteiger partial charge in [0.1, 0.15) is 5.75 Å². The van der Waals surface area contributed by atoms with E-state index in [1.807, 2.05) is 38.2 Å². The number of ether oxygens (including phenoxy) is 1. The zero-order valence-electron chi connectivity index (χ0n) is 11.7. The van der Waals surface area contributed by atoms with E-state index in [4.69, 9.17) is 4.74 Å². The number of aromatic nitrogens is 1. The first-order valence-corrected chi connectivity index (χ1v) is 6.91. The second-order valence-corrected chi connectivity index (χ2v) is 5.37. The molecule has 1 heterocycles. The van der Waals surface area contributed by atoms with E-state index in [9.17, 15) is 4.79 Å². The monoisotopic (exact) mass is 267 g/mol. The lowest BCUT2D eigenvalue weighted by atomic mass is 10.0. The molecule has 3 rings (SSSR count). The average molecular weight is 267 g/mol. The van der Waals surface area contributed by atoms with Gasteiger partial charge in [0.25, 0.3) is 0 Å². The topological polar surface area (TPSA) is 39.2 Å². The van der Waals surface area contributed by atoms with E-state index < -0.39 is 0 Å². The van der Waals surface area contributed by atoms with Crippen LogP contribution in [-0.4, -0.2) is 16.9 Å². The molecule has 0 unspecified atom stereocenters. The van der Waals surface area contributed by atoms with Gasteiger partial charge in [-0.2, -0.15) is 0 Å². The van der Waals surface area contributed by atoms with Gasteiger partial charge in [-0.3, -0.25) is 9.78 Å². The van der Waals surface area contributed by atoms with E-state index in [0.29, 0.717) is 6.42 Å². The maximum Gasteiger partial charge on any atom is 0.163 e. The van der Waals surface area contributed by atoms with Gasteiger partial charge in [0, 0.05) is 23.7 Å². The Morgan fingerprint density at radius 3 is 2.75 bits per heavy atom. The molecule has 0 atom stereocenters. The van der Waals surface area contributed by atoms with Crippen LogP contribution >= 0.6 is 0 Å². The maximum absolute atomic E-state index is 11.7. The molecule has 0 amide bonds. The van der Waals surface area contributed by atoms with Gasteiger partial charge in [0.15, 0.2) is 5.78 Å². The number of benzene rings is 1. The van der Waals surface area contributed by atoms with E-state index >= 15 is 0 Å². The predicted octanol–water partition coefficient (Wildman–Crippen LogP) is 3.66. The Kier molecular flexibility index (Phi) is 3.26. The van der Waals surface area contributed by atoms with E-state index in [-0.39, 0.29) is 11.9 Å². The molecule has 1 aliphatic carbocycles. The van der Waals surface area contributed by atoms with Crippen LogP contribution in [0.5, 0.6) is 5.75 Å². The zero-order chi connectivity index (χ0) is 14.1. The quantitative estimate of drug-likeness (QED) is 0.851. The molecule has 0 saturated carbocycles. The fourth-order valence-corrected chi connectivity index (χ4v) is 2.55. The molecule has 0 bridgehead atoms. The van der Waals surface area contributed by atoms with E-state index in [0.717, 1.165) is 34.4 Å². The molecule has 1 aromatic heterocycles. The summed E-state index contributed by atoms with van der Waals surface area (Å²) in [5.41, 5.74) is 4.12. The van der Waals surface area contributed by atoms with Crippen molar-refractivity contribution < 1.29 is 9.53 Å². The molecule has 0 spiro atoms. The lowest BCUT2D eigenvalue weighted by molar-refractivity contribution is 0.0994. The third-order valence-corrected chi connectivity index (χ3v) is 3.45. The number of hydrogen-bond acceptors (Lipinski definition) is 3. The number of carbonyl (C=O) groups is 1. The number of Topliss-reactive ketones (excluding diaryl/α,β-unsaturated/α-hetero) is 1. The normalized spacial score (nSPS) is 13.7. The molecule has 0 N–H and O–H groups in total. The lowest BCUT2D eigenvalue weighted by Crippen LogP contribution is -2.05. The summed E-state index contributed by atoms with van der Waals surface area (Å²) >= 11 is 0. The summed E-state index contributed by atoms with van der Waals surface area (Å²) in [5.74, 6) is 1.02. The number of ketones is 1. The Morgan fingerprint density at radius 1 is 1.10 bits per heavy atom. The van der Waals surface area contributed by atoms with Gasteiger partial charge in [-0.05, 0) is 37.5 Å². The van der Waals surface area contributed by atoms with E-state index in [2.05, 4.69) is 11.1 Å². The molecule has 20 heavy (non-hydrogen) atoms. The minimum atomic E-state index is 0.129. The van der Waals surface area contributed by atoms with Crippen molar-refractivity contribution in [1.29, 1.82) is 0 Å². The third-order valence-electron chi connectivity index (χ3n) is 3.45. The minimum Gasteiger partial charge on any atom is -0.489 e. The number of fused-ring (bicyclic) bond motifs is 1. The highest BCUT2D eigenvalue weighted by atomic mass is 16.5. The molecule has 3 heteroatoms. The summed E-state index contributed by atoms with van der Waals surface area (Å²) in [6.07, 6.45) is 5.15. The van der Waals surface area contributed by atoms with Gasteiger partial charge in [-0.1, -0.05) is 18.2 Å². The zero-order valence-corrected chi connectivity index (χ0v) is 11.7. The predicted molar refractivity (Wildman–Crippen MR) is 78.1 cm³/mol. The summed E-state index contributed by atoms with van der Waals surface area (Å²) in [5, 5.41) is 0. The SMILES string of the molecule is CC(C)Oc1cncc(-c2ccc3c(c2)CCC3=O)c1. The third kappa shape index (κ3) is 2.44. The number of rotatable bonds is 3. The minimum absolute atomic E-state index is 0.129. The average Bonchev–Trinajstić information content (AvgIpc) is 2.79. The van der Waals surface area contributed by atoms with Crippen molar-refractivity contribution in [2.45, 2.75) is 32.8 Å². The molecule has 0 fully saturated rings. The summed E-state index contributed by atoms with van der Waals surface area (Å²) in [6.45, 7) is 3.99. The standard InChI is InChI=1S/C17H17NO2/c1-11(2)20-15-8-14(9-18-10-15)12-3-5-16-13(7-12)4-6-17(16)19/h3,5,7-11H,4,6H2,1-2H3. The van der Waals surface area contributed by atoms with Gasteiger partial charge in [-0.15, -0.1) is 0 Å². The molecule has 0 saturated heterocycles. The van der Waals surface area contributed by atoms with Crippen molar-refractivity contribution in [1.82, 2.24) is 4.98 Å². The smallest absolute Gasteiger partial charge is 0.163 e. The van der Waals surface area contributed by atoms with Crippen molar-refractivity contribution in [3.05, 3.63) is 47.8 Å². The van der Waals surface area contributed by atoms with Crippen molar-refractivity contribution in [2.24, 2.45) is 0 Å². The maximum atomic E-state index is 11.7. The van der Waals surface area contributed by atoms with Crippen LogP contribution in [0.1, 0.15) is 36.2 Å². The molecule has 3 nitrogen and oxygen atoms in total. The Hall–Kier alpha value is -2.16. The number of hydrogen-bond donors (Lipinski definition) is 0. The van der Waals surface area contributed by atoms with Crippen molar-refractivity contribution in [2.75, 3.05) is 0 Å². The largest absolute Gasteiger partial charge is 0.489 e. The summed E-state index contributed by atoms with van der Waals surface area (Å²) in [6, 6.07) is 8.00. The number of pyridine rings is 1. The molecule has 102 valence electrons. The van der Waals surface area contributed by atoms with Gasteiger partial charge < -0.3 is 4.74 Å². The van der Waals surface area contributed by atoms with Gasteiger partial charge in [0.05, 0.1) is 12.3 Å². The summed E-state index contributed by atoms with van der Waals surface area (Å²) in [4.78, 5) is 15.9. The van der Waals surface area contributed by atoms with E-state index in [1.165, 1.54) is 0 Å². The second kappa shape index (κ2) is 5.08. The molecule has 2 aromatic rings. The van der Waals surface area contributed by atoms with Crippen molar-refractivity contribution in [3.63, 3.8) is 0 Å². The first-order valence-electron chi connectivity index (χ1n) is 6.91. The van der Waals surface area contributed by atoms with Crippen LogP contribution in [0.4, 0.5) is 0 Å². The van der Waals surface area contributed by atoms with Crippen LogP contribution in [0, 0.1) is 0 Å². The van der Waals surface area contributed by atoms with Crippen molar-refractivity contribution in [3.8, 4) is 16.9 Å². The Bertz CT molecular complexity index is 662. The molecule has 0 radical (unpaired) electrons. The first-order chi connectivity index (χ1) is 9.63. The number of aryl methyl sites for hydroxylation is 1. The second-order valence-electron chi connectivity index (χ2n) is 5.37. The fourth-order valence-electron chi connectivity index (χ4n) is 2.55. The molecular weight excluding hydrogens is 250 g/mol. The summed E-state index contributed by atoms with van der Waals surface area (Å²) < 4.78 is 5.67. The molecule has 0 aliphatic heterocycles. The van der Waals surface area contributed by atoms with Crippen LogP contribution in [0.15, 0.2) is 36.7 Å². The Labute approximate surface area is 118 Å². The number of nitrogens with zero attached hydrogens (tertiary/aromatic N) is 1. The van der Waals surface area contributed by atoms with Crippen LogP contribution in [-0.2, 0) is 6.42 Å². The van der Waals surface area contributed by atoms with Crippen LogP contribution in [0.2, 0.25) is 0 Å². The van der Waals surface area contributed by atoms with Crippen LogP contribution in [0.25, 0.3) is 11.1 Å². The molecule has 1 aromatic carbocycles. The Morgan fingerprint density at radius 2 is 1.95 bits per heavy atom.